The largest absolute Gasteiger partial charge is 0.356 e. The Balaban J connectivity index is 2.29. The third-order valence-corrected chi connectivity index (χ3v) is 1.39. The number of hydrogen-bond acceptors (Lipinski definition) is 3. The molecule has 0 aliphatic carbocycles. The number of thiocarbonyl (C=S) groups is 1. The topological polar surface area (TPSA) is 78.8 Å². The molecule has 0 fully saturated rings. The van der Waals surface area contributed by atoms with Gasteiger partial charge in [0.05, 0.1) is 18.6 Å². The Bertz CT molecular complexity index is 219. The van der Waals surface area contributed by atoms with Crippen LogP contribution in [0.25, 0.3) is 0 Å². The maximum atomic E-state index is 5.03. The molecule has 1 rings (SSSR count). The summed E-state index contributed by atoms with van der Waals surface area (Å²) in [7, 11) is 0. The summed E-state index contributed by atoms with van der Waals surface area (Å²) < 4.78 is 0. The summed E-state index contributed by atoms with van der Waals surface area (Å²) in [6.07, 6.45) is 3.32. The van der Waals surface area contributed by atoms with Crippen molar-refractivity contribution in [2.24, 2.45) is 5.84 Å². The van der Waals surface area contributed by atoms with Gasteiger partial charge >= 0.3 is 0 Å². The monoisotopic (exact) mass is 171 g/mol. The quantitative estimate of drug-likeness (QED) is 0.267. The molecule has 0 saturated carbocycles. The van der Waals surface area contributed by atoms with Gasteiger partial charge in [0.25, 0.3) is 0 Å². The number of hydrogen-bond donors (Lipinski definition) is 4. The third kappa shape index (κ3) is 2.52. The number of aromatic amines is 1. The molecule has 0 aliphatic rings. The predicted octanol–water partition coefficient (Wildman–Crippen LogP) is -0.752. The maximum absolute atomic E-state index is 5.03. The second-order valence-corrected chi connectivity index (χ2v) is 2.31. The van der Waals surface area contributed by atoms with Crippen molar-refractivity contribution in [3.63, 3.8) is 0 Å². The highest BCUT2D eigenvalue weighted by Crippen LogP contribution is 1.87. The lowest BCUT2D eigenvalue weighted by Gasteiger charge is -2.03. The van der Waals surface area contributed by atoms with Gasteiger partial charge in [-0.3, -0.25) is 0 Å². The van der Waals surface area contributed by atoms with E-state index < -0.39 is 0 Å². The van der Waals surface area contributed by atoms with Gasteiger partial charge in [-0.05, 0) is 12.2 Å². The maximum Gasteiger partial charge on any atom is 0.180 e. The van der Waals surface area contributed by atoms with Gasteiger partial charge in [0, 0.05) is 6.20 Å². The number of aromatic nitrogens is 2. The fourth-order valence-corrected chi connectivity index (χ4v) is 0.680. The summed E-state index contributed by atoms with van der Waals surface area (Å²) in [5.74, 6) is 5.03. The van der Waals surface area contributed by atoms with E-state index in [1.165, 1.54) is 0 Å². The van der Waals surface area contributed by atoms with Crippen molar-refractivity contribution in [2.75, 3.05) is 0 Å². The Hall–Kier alpha value is -1.14. The molecule has 1 aromatic heterocycles. The zero-order valence-electron chi connectivity index (χ0n) is 5.79. The van der Waals surface area contributed by atoms with E-state index >= 15 is 0 Å². The van der Waals surface area contributed by atoms with Crippen LogP contribution in [0.2, 0.25) is 0 Å². The Kier molecular flexibility index (Phi) is 2.82. The van der Waals surface area contributed by atoms with E-state index in [-0.39, 0.29) is 0 Å². The van der Waals surface area contributed by atoms with Crippen molar-refractivity contribution in [1.29, 1.82) is 0 Å². The molecule has 1 heterocycles. The molecule has 5 nitrogen and oxygen atoms in total. The Labute approximate surface area is 69.4 Å². The summed E-state index contributed by atoms with van der Waals surface area (Å²) in [5, 5.41) is 3.28. The van der Waals surface area contributed by atoms with Crippen molar-refractivity contribution >= 4 is 17.3 Å². The highest BCUT2D eigenvalue weighted by Gasteiger charge is 1.93. The fourth-order valence-electron chi connectivity index (χ4n) is 0.608. The Morgan fingerprint density at radius 3 is 3.18 bits per heavy atom. The van der Waals surface area contributed by atoms with Crippen molar-refractivity contribution in [3.05, 3.63) is 18.2 Å². The number of nitrogens with two attached hydrogens (primary N) is 1. The van der Waals surface area contributed by atoms with E-state index in [0.29, 0.717) is 11.7 Å². The first-order valence-corrected chi connectivity index (χ1v) is 3.45. The summed E-state index contributed by atoms with van der Waals surface area (Å²) in [6, 6.07) is 0. The number of nitrogens with zero attached hydrogens (tertiary/aromatic N) is 1. The average molecular weight is 171 g/mol. The molecule has 0 aromatic carbocycles. The van der Waals surface area contributed by atoms with E-state index in [1.807, 2.05) is 0 Å². The van der Waals surface area contributed by atoms with Crippen LogP contribution in [-0.4, -0.2) is 15.1 Å². The smallest absolute Gasteiger partial charge is 0.180 e. The molecule has 1 aromatic rings. The average Bonchev–Trinajstić information content (AvgIpc) is 2.52. The molecule has 0 radical (unpaired) electrons. The molecule has 0 unspecified atom stereocenters. The van der Waals surface area contributed by atoms with Gasteiger partial charge in [0.15, 0.2) is 5.11 Å². The van der Waals surface area contributed by atoms with Crippen LogP contribution >= 0.6 is 12.2 Å². The van der Waals surface area contributed by atoms with Crippen molar-refractivity contribution in [2.45, 2.75) is 6.54 Å². The van der Waals surface area contributed by atoms with Crippen LogP contribution in [0.4, 0.5) is 0 Å². The highest BCUT2D eigenvalue weighted by molar-refractivity contribution is 7.80. The molecule has 5 N–H and O–H groups in total. The molecule has 0 saturated heterocycles. The SMILES string of the molecule is NNC(=S)NCc1cnc[nH]1. The molecule has 11 heavy (non-hydrogen) atoms. The number of imidazole rings is 1. The summed E-state index contributed by atoms with van der Waals surface area (Å²) in [6.45, 7) is 0.600. The molecule has 0 bridgehead atoms. The number of H-pyrrole nitrogens is 1. The van der Waals surface area contributed by atoms with E-state index in [1.54, 1.807) is 12.5 Å². The molecule has 6 heteroatoms. The van der Waals surface area contributed by atoms with Crippen LogP contribution < -0.4 is 16.6 Å². The number of nitrogens with one attached hydrogen (secondary N) is 3. The number of rotatable bonds is 2. The lowest BCUT2D eigenvalue weighted by atomic mass is 10.5. The second kappa shape index (κ2) is 3.89. The third-order valence-electron chi connectivity index (χ3n) is 1.13. The van der Waals surface area contributed by atoms with Gasteiger partial charge in [-0.2, -0.15) is 0 Å². The molecular formula is C5H9N5S. The zero-order chi connectivity index (χ0) is 8.10. The molecule has 0 atom stereocenters. The normalized spacial score (nSPS) is 9.18. The minimum Gasteiger partial charge on any atom is -0.356 e. The van der Waals surface area contributed by atoms with E-state index in [2.05, 4.69) is 20.7 Å². The molecule has 0 aliphatic heterocycles. The molecule has 0 spiro atoms. The summed E-state index contributed by atoms with van der Waals surface area (Å²) in [5.41, 5.74) is 3.27. The second-order valence-electron chi connectivity index (χ2n) is 1.90. The van der Waals surface area contributed by atoms with E-state index in [0.717, 1.165) is 5.69 Å². The lowest BCUT2D eigenvalue weighted by molar-refractivity contribution is 0.846. The van der Waals surface area contributed by atoms with Crippen molar-refractivity contribution in [1.82, 2.24) is 20.7 Å². The van der Waals surface area contributed by atoms with Crippen LogP contribution in [-0.2, 0) is 6.54 Å². The first-order valence-electron chi connectivity index (χ1n) is 3.04. The minimum atomic E-state index is 0.416. The van der Waals surface area contributed by atoms with Gasteiger partial charge in [-0.1, -0.05) is 0 Å². The summed E-state index contributed by atoms with van der Waals surface area (Å²) >= 11 is 4.75. The van der Waals surface area contributed by atoms with Gasteiger partial charge in [0.1, 0.15) is 0 Å². The molecule has 60 valence electrons. The minimum absolute atomic E-state index is 0.416. The van der Waals surface area contributed by atoms with Gasteiger partial charge in [0.2, 0.25) is 0 Å². The van der Waals surface area contributed by atoms with Crippen LogP contribution in [0.5, 0.6) is 0 Å². The molecule has 0 amide bonds. The van der Waals surface area contributed by atoms with Crippen LogP contribution in [0.1, 0.15) is 5.69 Å². The highest BCUT2D eigenvalue weighted by atomic mass is 32.1. The van der Waals surface area contributed by atoms with Gasteiger partial charge < -0.3 is 15.7 Å². The van der Waals surface area contributed by atoms with E-state index in [4.69, 9.17) is 18.1 Å². The lowest BCUT2D eigenvalue weighted by Crippen LogP contribution is -2.39. The van der Waals surface area contributed by atoms with Crippen LogP contribution in [0, 0.1) is 0 Å². The zero-order valence-corrected chi connectivity index (χ0v) is 6.61. The Morgan fingerprint density at radius 1 is 1.82 bits per heavy atom. The first kappa shape index (κ1) is 7.96. The first-order chi connectivity index (χ1) is 5.33. The Morgan fingerprint density at radius 2 is 2.64 bits per heavy atom. The predicted molar refractivity (Wildman–Crippen MR) is 45.3 cm³/mol. The van der Waals surface area contributed by atoms with Gasteiger partial charge in [-0.15, -0.1) is 0 Å². The van der Waals surface area contributed by atoms with E-state index in [9.17, 15) is 0 Å². The van der Waals surface area contributed by atoms with Crippen molar-refractivity contribution in [3.8, 4) is 0 Å². The van der Waals surface area contributed by atoms with Gasteiger partial charge in [-0.25, -0.2) is 10.8 Å². The standard InChI is InChI=1S/C5H9N5S/c6-10-5(11)8-2-4-1-7-3-9-4/h1,3H,2,6H2,(H,7,9)(H2,8,10,11). The van der Waals surface area contributed by atoms with Crippen molar-refractivity contribution < 1.29 is 0 Å². The fraction of sp³-hybridized carbons (Fsp3) is 0.200. The van der Waals surface area contributed by atoms with Crippen LogP contribution in [0.15, 0.2) is 12.5 Å². The molecular weight excluding hydrogens is 162 g/mol. The van der Waals surface area contributed by atoms with Crippen LogP contribution in [0.3, 0.4) is 0 Å². The summed E-state index contributed by atoms with van der Waals surface area (Å²) in [4.78, 5) is 6.75. The number of hydrazine groups is 1.